The average molecular weight is 294 g/mol. The van der Waals surface area contributed by atoms with Gasteiger partial charge >= 0.3 is 0 Å². The van der Waals surface area contributed by atoms with Crippen molar-refractivity contribution in [1.29, 1.82) is 0 Å². The Bertz CT molecular complexity index is 493. The van der Waals surface area contributed by atoms with Crippen LogP contribution in [-0.4, -0.2) is 9.55 Å². The summed E-state index contributed by atoms with van der Waals surface area (Å²) in [5.74, 6) is 1.05. The second-order valence-electron chi connectivity index (χ2n) is 4.08. The number of nitrogens with one attached hydrogen (secondary N) is 1. The van der Waals surface area contributed by atoms with Crippen LogP contribution in [0.2, 0.25) is 0 Å². The highest BCUT2D eigenvalue weighted by molar-refractivity contribution is 9.10. The second kappa shape index (κ2) is 5.47. The molecule has 1 atom stereocenters. The molecule has 0 radical (unpaired) electrons. The molecule has 0 aliphatic heterocycles. The molecule has 1 N–H and O–H groups in total. The zero-order chi connectivity index (χ0) is 12.3. The van der Waals surface area contributed by atoms with Crippen LogP contribution >= 0.6 is 15.9 Å². The number of benzene rings is 1. The van der Waals surface area contributed by atoms with Gasteiger partial charge in [-0.2, -0.15) is 0 Å². The topological polar surface area (TPSA) is 29.9 Å². The number of aryl methyl sites for hydroxylation is 1. The smallest absolute Gasteiger partial charge is 0.122 e. The summed E-state index contributed by atoms with van der Waals surface area (Å²) in [6.07, 6.45) is 3.78. The van der Waals surface area contributed by atoms with Crippen molar-refractivity contribution < 1.29 is 0 Å². The van der Waals surface area contributed by atoms with Gasteiger partial charge in [-0.05, 0) is 18.6 Å². The van der Waals surface area contributed by atoms with E-state index in [0.717, 1.165) is 16.8 Å². The van der Waals surface area contributed by atoms with Crippen LogP contribution in [-0.2, 0) is 13.6 Å². The molecule has 0 saturated carbocycles. The molecule has 2 rings (SSSR count). The minimum Gasteiger partial charge on any atom is -0.337 e. The van der Waals surface area contributed by atoms with Gasteiger partial charge in [0.1, 0.15) is 5.82 Å². The molecule has 1 heterocycles. The first-order chi connectivity index (χ1) is 8.18. The van der Waals surface area contributed by atoms with Gasteiger partial charge < -0.3 is 9.88 Å². The molecule has 0 aliphatic carbocycles. The molecule has 0 fully saturated rings. The molecule has 0 saturated heterocycles. The van der Waals surface area contributed by atoms with E-state index in [9.17, 15) is 0 Å². The van der Waals surface area contributed by atoms with Crippen LogP contribution in [0.1, 0.15) is 24.4 Å². The van der Waals surface area contributed by atoms with Crippen LogP contribution in [0.5, 0.6) is 0 Å². The Morgan fingerprint density at radius 2 is 2.18 bits per heavy atom. The van der Waals surface area contributed by atoms with Crippen LogP contribution in [0, 0.1) is 0 Å². The maximum Gasteiger partial charge on any atom is 0.122 e. The fourth-order valence-electron chi connectivity index (χ4n) is 1.75. The number of rotatable bonds is 4. The fourth-order valence-corrected chi connectivity index (χ4v) is 2.38. The standard InChI is InChI=1S/C13H16BrN3/c1-10(11-5-3-4-6-12(11)14)16-9-13-15-7-8-17(13)2/h3-8,10,16H,9H2,1-2H3/t10-/m0/s1. The molecular weight excluding hydrogens is 278 g/mol. The molecule has 90 valence electrons. The molecule has 1 aromatic carbocycles. The fraction of sp³-hybridized carbons (Fsp3) is 0.308. The molecule has 0 unspecified atom stereocenters. The number of imidazole rings is 1. The summed E-state index contributed by atoms with van der Waals surface area (Å²) in [6.45, 7) is 2.93. The first-order valence-corrected chi connectivity index (χ1v) is 6.42. The highest BCUT2D eigenvalue weighted by Gasteiger charge is 2.09. The molecule has 17 heavy (non-hydrogen) atoms. The van der Waals surface area contributed by atoms with Gasteiger partial charge in [0.15, 0.2) is 0 Å². The van der Waals surface area contributed by atoms with Crippen LogP contribution in [0.15, 0.2) is 41.1 Å². The summed E-state index contributed by atoms with van der Waals surface area (Å²) < 4.78 is 3.17. The number of halogens is 1. The van der Waals surface area contributed by atoms with Gasteiger partial charge in [0.2, 0.25) is 0 Å². The van der Waals surface area contributed by atoms with Gasteiger partial charge in [0.25, 0.3) is 0 Å². The summed E-state index contributed by atoms with van der Waals surface area (Å²) in [5, 5.41) is 3.47. The number of hydrogen-bond acceptors (Lipinski definition) is 2. The maximum atomic E-state index is 4.29. The normalized spacial score (nSPS) is 12.6. The van der Waals surface area contributed by atoms with Crippen molar-refractivity contribution >= 4 is 15.9 Å². The van der Waals surface area contributed by atoms with Crippen molar-refractivity contribution in [2.24, 2.45) is 7.05 Å². The summed E-state index contributed by atoms with van der Waals surface area (Å²) >= 11 is 3.57. The van der Waals surface area contributed by atoms with Gasteiger partial charge in [-0.15, -0.1) is 0 Å². The summed E-state index contributed by atoms with van der Waals surface area (Å²) in [4.78, 5) is 4.29. The SMILES string of the molecule is C[C@H](NCc1nccn1C)c1ccccc1Br. The van der Waals surface area contributed by atoms with E-state index in [1.807, 2.05) is 30.1 Å². The third kappa shape index (κ3) is 2.96. The largest absolute Gasteiger partial charge is 0.337 e. The Labute approximate surface area is 110 Å². The van der Waals surface area contributed by atoms with Gasteiger partial charge in [-0.25, -0.2) is 4.98 Å². The Morgan fingerprint density at radius 1 is 1.41 bits per heavy atom. The number of hydrogen-bond donors (Lipinski definition) is 1. The predicted molar refractivity (Wildman–Crippen MR) is 72.6 cm³/mol. The minimum atomic E-state index is 0.294. The summed E-state index contributed by atoms with van der Waals surface area (Å²) in [5.41, 5.74) is 1.27. The molecule has 0 bridgehead atoms. The van der Waals surface area contributed by atoms with Crippen molar-refractivity contribution in [2.75, 3.05) is 0 Å². The molecular formula is C13H16BrN3. The van der Waals surface area contributed by atoms with E-state index in [1.165, 1.54) is 5.56 Å². The van der Waals surface area contributed by atoms with Crippen LogP contribution in [0.4, 0.5) is 0 Å². The van der Waals surface area contributed by atoms with Crippen LogP contribution in [0.3, 0.4) is 0 Å². The van der Waals surface area contributed by atoms with Crippen molar-refractivity contribution in [3.05, 3.63) is 52.5 Å². The lowest BCUT2D eigenvalue weighted by Crippen LogP contribution is -2.20. The Balaban J connectivity index is 2.01. The summed E-state index contributed by atoms with van der Waals surface area (Å²) in [7, 11) is 2.01. The molecule has 0 spiro atoms. The minimum absolute atomic E-state index is 0.294. The number of aromatic nitrogens is 2. The molecule has 2 aromatic rings. The van der Waals surface area contributed by atoms with E-state index in [0.29, 0.717) is 6.04 Å². The van der Waals surface area contributed by atoms with E-state index >= 15 is 0 Å². The lowest BCUT2D eigenvalue weighted by molar-refractivity contribution is 0.548. The predicted octanol–water partition coefficient (Wildman–Crippen LogP) is 3.03. The zero-order valence-electron chi connectivity index (χ0n) is 10.0. The van der Waals surface area contributed by atoms with Gasteiger partial charge in [-0.1, -0.05) is 34.1 Å². The number of nitrogens with zero attached hydrogens (tertiary/aromatic N) is 2. The third-order valence-corrected chi connectivity index (χ3v) is 3.58. The maximum absolute atomic E-state index is 4.29. The Kier molecular flexibility index (Phi) is 3.97. The van der Waals surface area contributed by atoms with Gasteiger partial charge in [-0.3, -0.25) is 0 Å². The first-order valence-electron chi connectivity index (χ1n) is 5.62. The molecule has 0 amide bonds. The Morgan fingerprint density at radius 3 is 2.82 bits per heavy atom. The quantitative estimate of drug-likeness (QED) is 0.939. The molecule has 3 nitrogen and oxygen atoms in total. The Hall–Kier alpha value is -1.13. The highest BCUT2D eigenvalue weighted by Crippen LogP contribution is 2.22. The van der Waals surface area contributed by atoms with Gasteiger partial charge in [0, 0.05) is 30.0 Å². The van der Waals surface area contributed by atoms with E-state index in [4.69, 9.17) is 0 Å². The molecule has 4 heteroatoms. The van der Waals surface area contributed by atoms with Crippen molar-refractivity contribution in [1.82, 2.24) is 14.9 Å². The monoisotopic (exact) mass is 293 g/mol. The van der Waals surface area contributed by atoms with E-state index in [-0.39, 0.29) is 0 Å². The van der Waals surface area contributed by atoms with Crippen molar-refractivity contribution in [3.63, 3.8) is 0 Å². The van der Waals surface area contributed by atoms with Crippen molar-refractivity contribution in [2.45, 2.75) is 19.5 Å². The van der Waals surface area contributed by atoms with E-state index in [1.54, 1.807) is 0 Å². The lowest BCUT2D eigenvalue weighted by Gasteiger charge is -2.15. The average Bonchev–Trinajstić information content (AvgIpc) is 2.72. The van der Waals surface area contributed by atoms with Crippen LogP contribution < -0.4 is 5.32 Å². The van der Waals surface area contributed by atoms with Crippen LogP contribution in [0.25, 0.3) is 0 Å². The highest BCUT2D eigenvalue weighted by atomic mass is 79.9. The van der Waals surface area contributed by atoms with Crippen molar-refractivity contribution in [3.8, 4) is 0 Å². The summed E-state index contributed by atoms with van der Waals surface area (Å²) in [6, 6.07) is 8.56. The van der Waals surface area contributed by atoms with E-state index in [2.05, 4.69) is 51.4 Å². The zero-order valence-corrected chi connectivity index (χ0v) is 11.6. The lowest BCUT2D eigenvalue weighted by atomic mass is 10.1. The third-order valence-electron chi connectivity index (χ3n) is 2.86. The second-order valence-corrected chi connectivity index (χ2v) is 4.93. The molecule has 0 aliphatic rings. The first kappa shape index (κ1) is 12.3. The molecule has 1 aromatic heterocycles. The van der Waals surface area contributed by atoms with E-state index < -0.39 is 0 Å². The van der Waals surface area contributed by atoms with Gasteiger partial charge in [0.05, 0.1) is 6.54 Å².